The van der Waals surface area contributed by atoms with Gasteiger partial charge in [0.15, 0.2) is 0 Å². The van der Waals surface area contributed by atoms with Crippen LogP contribution in [0.1, 0.15) is 21.5 Å². The van der Waals surface area contributed by atoms with E-state index >= 15 is 0 Å². The molecule has 1 aliphatic heterocycles. The van der Waals surface area contributed by atoms with Gasteiger partial charge in [0.2, 0.25) is 0 Å². The van der Waals surface area contributed by atoms with Gasteiger partial charge in [0.1, 0.15) is 10.1 Å². The topological polar surface area (TPSA) is 103 Å². The molecule has 1 heterocycles. The monoisotopic (exact) mass is 351 g/mol. The fourth-order valence-electron chi connectivity index (χ4n) is 2.40. The van der Waals surface area contributed by atoms with E-state index in [-0.39, 0.29) is 40.7 Å². The van der Waals surface area contributed by atoms with E-state index in [4.69, 9.17) is 0 Å². The second-order valence-electron chi connectivity index (χ2n) is 4.88. The molecule has 0 atom stereocenters. The minimum atomic E-state index is -4.68. The van der Waals surface area contributed by atoms with Crippen molar-refractivity contribution < 1.29 is 52.1 Å². The summed E-state index contributed by atoms with van der Waals surface area (Å²) in [7, 11) is -4.68. The molecule has 0 spiro atoms. The summed E-state index contributed by atoms with van der Waals surface area (Å²) in [6.45, 7) is 0. The molecule has 24 heavy (non-hydrogen) atoms. The molecule has 0 fully saturated rings. The maximum Gasteiger partial charge on any atom is 1.00 e. The molecule has 3 rings (SSSR count). The number of rotatable bonds is 2. The zero-order valence-electron chi connectivity index (χ0n) is 12.6. The number of hydrogen-bond donors (Lipinski definition) is 1. The summed E-state index contributed by atoms with van der Waals surface area (Å²) in [5, 5.41) is 2.19. The van der Waals surface area contributed by atoms with Crippen molar-refractivity contribution >= 4 is 33.6 Å². The van der Waals surface area contributed by atoms with Crippen LogP contribution >= 0.6 is 0 Å². The third kappa shape index (κ3) is 3.50. The normalized spacial score (nSPS) is 15.5. The number of carbonyl (C=O) groups is 2. The minimum Gasteiger partial charge on any atom is -0.744 e. The largest absolute Gasteiger partial charge is 1.00 e. The van der Waals surface area contributed by atoms with Crippen LogP contribution in [-0.4, -0.2) is 24.8 Å². The molecule has 0 radical (unpaired) electrons. The van der Waals surface area contributed by atoms with Crippen LogP contribution in [0.3, 0.4) is 0 Å². The Morgan fingerprint density at radius 3 is 2.12 bits per heavy atom. The van der Waals surface area contributed by atoms with Gasteiger partial charge in [-0.15, -0.1) is 0 Å². The van der Waals surface area contributed by atoms with Gasteiger partial charge in [-0.1, -0.05) is 36.4 Å². The summed E-state index contributed by atoms with van der Waals surface area (Å²) in [6.07, 6.45) is 1.30. The zero-order valence-corrected chi connectivity index (χ0v) is 15.5. The van der Waals surface area contributed by atoms with Gasteiger partial charge in [0, 0.05) is 11.1 Å². The van der Waals surface area contributed by atoms with Crippen LogP contribution < -0.4 is 34.9 Å². The van der Waals surface area contributed by atoms with Crippen molar-refractivity contribution in [2.75, 3.05) is 0 Å². The molecule has 0 bridgehead atoms. The Hall–Kier alpha value is -1.77. The Bertz CT molecular complexity index is 966. The van der Waals surface area contributed by atoms with Gasteiger partial charge in [0.05, 0.1) is 4.90 Å². The number of benzene rings is 2. The Morgan fingerprint density at radius 1 is 0.875 bits per heavy atom. The van der Waals surface area contributed by atoms with Crippen molar-refractivity contribution in [2.45, 2.75) is 4.90 Å². The standard InChI is InChI=1S/C16H11NO5S.Na/c18-15-12-7-3-2-6-11(12)13(16(19)17-15)9-10-5-1-4-8-14(10)23(20,21)22;/h1-9H,(H,17,18,19)(H,20,21,22);/q;+1/p-1. The molecular formula is C16H10NNaO5S. The third-order valence-corrected chi connectivity index (χ3v) is 4.33. The van der Waals surface area contributed by atoms with E-state index in [2.05, 4.69) is 5.32 Å². The molecule has 0 saturated carbocycles. The van der Waals surface area contributed by atoms with Crippen LogP contribution in [0.5, 0.6) is 0 Å². The molecule has 0 unspecified atom stereocenters. The summed E-state index contributed by atoms with van der Waals surface area (Å²) in [5.74, 6) is -1.17. The molecule has 1 aliphatic rings. The van der Waals surface area contributed by atoms with Crippen LogP contribution in [0, 0.1) is 0 Å². The summed E-state index contributed by atoms with van der Waals surface area (Å²) in [6, 6.07) is 12.0. The van der Waals surface area contributed by atoms with Gasteiger partial charge < -0.3 is 4.55 Å². The first-order valence-corrected chi connectivity index (χ1v) is 8.00. The van der Waals surface area contributed by atoms with Crippen LogP contribution in [0.2, 0.25) is 0 Å². The average Bonchev–Trinajstić information content (AvgIpc) is 2.51. The van der Waals surface area contributed by atoms with Gasteiger partial charge in [0.25, 0.3) is 11.8 Å². The molecule has 0 aliphatic carbocycles. The van der Waals surface area contributed by atoms with Crippen molar-refractivity contribution in [1.82, 2.24) is 5.32 Å². The molecule has 2 amide bonds. The zero-order chi connectivity index (χ0) is 16.6. The third-order valence-electron chi connectivity index (χ3n) is 3.42. The second kappa shape index (κ2) is 7.00. The first-order chi connectivity index (χ1) is 10.9. The van der Waals surface area contributed by atoms with Crippen LogP contribution in [-0.2, 0) is 14.9 Å². The van der Waals surface area contributed by atoms with Gasteiger partial charge in [-0.05, 0) is 29.3 Å². The first kappa shape index (κ1) is 18.6. The average molecular weight is 351 g/mol. The van der Waals surface area contributed by atoms with Gasteiger partial charge >= 0.3 is 29.6 Å². The minimum absolute atomic E-state index is 0. The molecule has 6 nitrogen and oxygen atoms in total. The maximum atomic E-state index is 12.1. The fraction of sp³-hybridized carbons (Fsp3) is 0. The van der Waals surface area contributed by atoms with Gasteiger partial charge in [-0.2, -0.15) is 0 Å². The summed E-state index contributed by atoms with van der Waals surface area (Å²) < 4.78 is 34.0. The Labute approximate surface area is 160 Å². The fourth-order valence-corrected chi connectivity index (χ4v) is 3.06. The van der Waals surface area contributed by atoms with E-state index in [0.717, 1.165) is 0 Å². The smallest absolute Gasteiger partial charge is 0.744 e. The molecule has 0 saturated heterocycles. The summed E-state index contributed by atoms with van der Waals surface area (Å²) in [4.78, 5) is 23.5. The van der Waals surface area contributed by atoms with E-state index in [9.17, 15) is 22.6 Å². The van der Waals surface area contributed by atoms with Crippen molar-refractivity contribution in [3.05, 3.63) is 65.2 Å². The first-order valence-electron chi connectivity index (χ1n) is 6.59. The van der Waals surface area contributed by atoms with Gasteiger partial charge in [-0.3, -0.25) is 14.9 Å². The summed E-state index contributed by atoms with van der Waals surface area (Å²) in [5.41, 5.74) is 0.910. The van der Waals surface area contributed by atoms with Crippen molar-refractivity contribution in [3.63, 3.8) is 0 Å². The van der Waals surface area contributed by atoms with E-state index in [1.165, 1.54) is 24.3 Å². The van der Waals surface area contributed by atoms with Crippen LogP contribution in [0.25, 0.3) is 11.6 Å². The Kier molecular flexibility index (Phi) is 5.42. The molecule has 0 aromatic heterocycles. The predicted octanol–water partition coefficient (Wildman–Crippen LogP) is -1.59. The maximum absolute atomic E-state index is 12.1. The Balaban J connectivity index is 0.00000208. The quantitative estimate of drug-likeness (QED) is 0.304. The van der Waals surface area contributed by atoms with Gasteiger partial charge in [-0.25, -0.2) is 8.42 Å². The molecule has 8 heteroatoms. The van der Waals surface area contributed by atoms with E-state index in [0.29, 0.717) is 11.1 Å². The molecule has 2 aromatic carbocycles. The number of amides is 2. The number of carbonyl (C=O) groups excluding carboxylic acids is 2. The van der Waals surface area contributed by atoms with Crippen molar-refractivity contribution in [1.29, 1.82) is 0 Å². The number of fused-ring (bicyclic) bond motifs is 1. The predicted molar refractivity (Wildman–Crippen MR) is 81.2 cm³/mol. The van der Waals surface area contributed by atoms with E-state index in [1.54, 1.807) is 30.3 Å². The second-order valence-corrected chi connectivity index (χ2v) is 6.23. The molecule has 2 aromatic rings. The van der Waals surface area contributed by atoms with Crippen LogP contribution in [0.15, 0.2) is 53.4 Å². The number of hydrogen-bond acceptors (Lipinski definition) is 5. The van der Waals surface area contributed by atoms with Crippen molar-refractivity contribution in [3.8, 4) is 0 Å². The SMILES string of the molecule is O=C1NC(=O)c2ccccc2C1=Cc1ccccc1S(=O)(=O)[O-].[Na+]. The van der Waals surface area contributed by atoms with E-state index < -0.39 is 26.8 Å². The van der Waals surface area contributed by atoms with E-state index in [1.807, 2.05) is 0 Å². The Morgan fingerprint density at radius 2 is 1.46 bits per heavy atom. The summed E-state index contributed by atoms with van der Waals surface area (Å²) >= 11 is 0. The van der Waals surface area contributed by atoms with Crippen LogP contribution in [0.4, 0.5) is 0 Å². The van der Waals surface area contributed by atoms with Crippen molar-refractivity contribution in [2.24, 2.45) is 0 Å². The molecule has 1 N–H and O–H groups in total. The molecular weight excluding hydrogens is 341 g/mol. The molecule has 116 valence electrons. The number of imide groups is 1. The number of nitrogens with one attached hydrogen (secondary N) is 1.